The van der Waals surface area contributed by atoms with Crippen LogP contribution in [0.15, 0.2) is 42.5 Å². The number of benzene rings is 2. The third-order valence-electron chi connectivity index (χ3n) is 2.59. The molecule has 2 nitrogen and oxygen atoms in total. The van der Waals surface area contributed by atoms with Crippen molar-refractivity contribution in [1.29, 1.82) is 0 Å². The van der Waals surface area contributed by atoms with Crippen LogP contribution in [0.25, 0.3) is 10.8 Å². The fourth-order valence-corrected chi connectivity index (χ4v) is 2.28. The first kappa shape index (κ1) is 11.2. The number of rotatable bonds is 3. The van der Waals surface area contributed by atoms with Gasteiger partial charge in [0, 0.05) is 0 Å². The van der Waals surface area contributed by atoms with E-state index < -0.39 is 5.97 Å². The van der Waals surface area contributed by atoms with Crippen LogP contribution in [0.2, 0.25) is 4.71 Å². The summed E-state index contributed by atoms with van der Waals surface area (Å²) in [6, 6.07) is 14.2. The van der Waals surface area contributed by atoms with E-state index in [0.717, 1.165) is 5.56 Å². The zero-order valence-electron chi connectivity index (χ0n) is 8.76. The average molecular weight is 276 g/mol. The van der Waals surface area contributed by atoms with E-state index in [1.54, 1.807) is 0 Å². The molecule has 82 valence electrons. The van der Waals surface area contributed by atoms with Crippen molar-refractivity contribution < 1.29 is 9.90 Å². The molecule has 3 heteroatoms. The van der Waals surface area contributed by atoms with E-state index in [1.807, 2.05) is 24.3 Å². The molecule has 0 aliphatic carbocycles. The molecule has 0 fully saturated rings. The zero-order valence-corrected chi connectivity index (χ0v) is 11.2. The number of carbonyl (C=O) groups is 1. The molecule has 0 saturated carbocycles. The quantitative estimate of drug-likeness (QED) is 0.869. The third-order valence-corrected chi connectivity index (χ3v) is 3.68. The Morgan fingerprint density at radius 1 is 1.19 bits per heavy atom. The molecule has 2 aromatic carbocycles. The third kappa shape index (κ3) is 2.45. The molecule has 0 saturated heterocycles. The van der Waals surface area contributed by atoms with Gasteiger partial charge in [0.25, 0.3) is 0 Å². The van der Waals surface area contributed by atoms with Crippen LogP contribution in [0.1, 0.15) is 5.56 Å². The fraction of sp³-hybridized carbons (Fsp3) is 0.154. The molecular weight excluding hydrogens is 263 g/mol. The van der Waals surface area contributed by atoms with Crippen molar-refractivity contribution >= 4 is 33.6 Å². The first-order valence-corrected chi connectivity index (χ1v) is 6.53. The first-order chi connectivity index (χ1) is 7.66. The summed E-state index contributed by atoms with van der Waals surface area (Å²) in [6.07, 6.45) is 0.611. The predicted octanol–water partition coefficient (Wildman–Crippen LogP) is 1.89. The molecular formula is C13H13AsO2. The summed E-state index contributed by atoms with van der Waals surface area (Å²) in [5.41, 5.74) is 1.09. The summed E-state index contributed by atoms with van der Waals surface area (Å²) in [5, 5.41) is 11.2. The Balaban J connectivity index is 2.29. The molecule has 2 rings (SSSR count). The summed E-state index contributed by atoms with van der Waals surface area (Å²) >= 11 is 1.26. The van der Waals surface area contributed by atoms with Crippen molar-refractivity contribution in [2.24, 2.45) is 0 Å². The van der Waals surface area contributed by atoms with Gasteiger partial charge in [0.1, 0.15) is 0 Å². The summed E-state index contributed by atoms with van der Waals surface area (Å²) in [4.78, 5) is 10.8. The van der Waals surface area contributed by atoms with Crippen molar-refractivity contribution in [3.05, 3.63) is 48.0 Å². The Morgan fingerprint density at radius 2 is 1.88 bits per heavy atom. The van der Waals surface area contributed by atoms with Crippen LogP contribution in [0.3, 0.4) is 0 Å². The Labute approximate surface area is 103 Å². The second-order valence-corrected chi connectivity index (χ2v) is 5.52. The topological polar surface area (TPSA) is 37.3 Å². The van der Waals surface area contributed by atoms with E-state index in [9.17, 15) is 4.79 Å². The molecule has 0 aromatic heterocycles. The van der Waals surface area contributed by atoms with Crippen LogP contribution in [0.5, 0.6) is 0 Å². The molecule has 0 aliphatic rings. The first-order valence-electron chi connectivity index (χ1n) is 5.13. The van der Waals surface area contributed by atoms with Gasteiger partial charge in [0.05, 0.1) is 0 Å². The number of aliphatic carboxylic acids is 1. The van der Waals surface area contributed by atoms with Gasteiger partial charge in [-0.1, -0.05) is 0 Å². The van der Waals surface area contributed by atoms with Gasteiger partial charge in [0.15, 0.2) is 0 Å². The molecule has 16 heavy (non-hydrogen) atoms. The van der Waals surface area contributed by atoms with Crippen molar-refractivity contribution in [3.8, 4) is 0 Å². The number of hydrogen-bond acceptors (Lipinski definition) is 1. The minimum atomic E-state index is -0.715. The molecule has 2 atom stereocenters. The zero-order chi connectivity index (χ0) is 11.5. The van der Waals surface area contributed by atoms with Crippen LogP contribution in [-0.4, -0.2) is 27.9 Å². The molecule has 0 heterocycles. The van der Waals surface area contributed by atoms with E-state index in [4.69, 9.17) is 5.11 Å². The average Bonchev–Trinajstić information content (AvgIpc) is 2.28. The number of fused-ring (bicyclic) bond motifs is 1. The normalized spacial score (nSPS) is 12.6. The number of carboxylic acids is 1. The van der Waals surface area contributed by atoms with E-state index >= 15 is 0 Å². The van der Waals surface area contributed by atoms with Gasteiger partial charge in [-0.15, -0.1) is 0 Å². The molecule has 2 aromatic rings. The number of carboxylic acid groups (broad SMARTS) is 1. The Kier molecular flexibility index (Phi) is 3.30. The van der Waals surface area contributed by atoms with Crippen molar-refractivity contribution in [3.63, 3.8) is 0 Å². The van der Waals surface area contributed by atoms with Crippen LogP contribution < -0.4 is 0 Å². The second kappa shape index (κ2) is 4.71. The molecule has 1 N–H and O–H groups in total. The number of hydrogen-bond donors (Lipinski definition) is 1. The van der Waals surface area contributed by atoms with Crippen LogP contribution in [0, 0.1) is 0 Å². The van der Waals surface area contributed by atoms with Gasteiger partial charge in [-0.3, -0.25) is 0 Å². The van der Waals surface area contributed by atoms with Crippen LogP contribution in [-0.2, 0) is 11.2 Å². The maximum atomic E-state index is 10.8. The fourth-order valence-electron chi connectivity index (χ4n) is 1.71. The molecule has 0 radical (unpaired) electrons. The van der Waals surface area contributed by atoms with Crippen LogP contribution >= 0.6 is 0 Å². The van der Waals surface area contributed by atoms with E-state index in [-0.39, 0.29) is 4.71 Å². The molecule has 0 spiro atoms. The van der Waals surface area contributed by atoms with Crippen molar-refractivity contribution in [2.45, 2.75) is 11.1 Å². The SMILES string of the molecule is O=C(O)C([AsH2])Cc1ccc2ccccc2c1. The van der Waals surface area contributed by atoms with E-state index in [2.05, 4.69) is 18.2 Å². The monoisotopic (exact) mass is 276 g/mol. The predicted molar refractivity (Wildman–Crippen MR) is 67.6 cm³/mol. The molecule has 0 aliphatic heterocycles. The van der Waals surface area contributed by atoms with Gasteiger partial charge >= 0.3 is 103 Å². The van der Waals surface area contributed by atoms with Crippen LogP contribution in [0.4, 0.5) is 0 Å². The minimum absolute atomic E-state index is 0.270. The Hall–Kier alpha value is -1.27. The van der Waals surface area contributed by atoms with Gasteiger partial charge in [-0.25, -0.2) is 0 Å². The molecule has 2 unspecified atom stereocenters. The second-order valence-electron chi connectivity index (χ2n) is 3.83. The standard InChI is InChI=1S/C13H13AsO2/c14-12(13(15)16)8-9-5-6-10-3-1-2-4-11(10)7-9/h1-7,12H,8,14H2,(H,15,16). The molecule has 0 bridgehead atoms. The summed E-state index contributed by atoms with van der Waals surface area (Å²) in [6.45, 7) is 0. The van der Waals surface area contributed by atoms with Crippen molar-refractivity contribution in [1.82, 2.24) is 0 Å². The van der Waals surface area contributed by atoms with Gasteiger partial charge < -0.3 is 0 Å². The molecule has 0 amide bonds. The van der Waals surface area contributed by atoms with E-state index in [0.29, 0.717) is 6.42 Å². The van der Waals surface area contributed by atoms with Gasteiger partial charge in [-0.05, 0) is 0 Å². The maximum absolute atomic E-state index is 10.8. The Bertz CT molecular complexity index is 522. The van der Waals surface area contributed by atoms with E-state index in [1.165, 1.54) is 27.6 Å². The Morgan fingerprint density at radius 3 is 2.56 bits per heavy atom. The summed E-state index contributed by atoms with van der Waals surface area (Å²) in [7, 11) is 0. The summed E-state index contributed by atoms with van der Waals surface area (Å²) < 4.78 is -0.270. The van der Waals surface area contributed by atoms with Crippen molar-refractivity contribution in [2.75, 3.05) is 0 Å². The van der Waals surface area contributed by atoms with Gasteiger partial charge in [-0.2, -0.15) is 0 Å². The summed E-state index contributed by atoms with van der Waals surface area (Å²) in [5.74, 6) is -0.715. The van der Waals surface area contributed by atoms with Gasteiger partial charge in [0.2, 0.25) is 0 Å².